The highest BCUT2D eigenvalue weighted by Crippen LogP contribution is 2.21. The fourth-order valence-corrected chi connectivity index (χ4v) is 2.44. The highest BCUT2D eigenvalue weighted by atomic mass is 79.9. The maximum Gasteiger partial charge on any atom is 0.0678 e. The van der Waals surface area contributed by atoms with Crippen LogP contribution in [-0.2, 0) is 12.8 Å². The molecular weight excluding hydrogens is 276 g/mol. The summed E-state index contributed by atoms with van der Waals surface area (Å²) in [6.45, 7) is 6.43. The van der Waals surface area contributed by atoms with Gasteiger partial charge in [-0.1, -0.05) is 29.8 Å². The number of hydrogen-bond donors (Lipinski definition) is 0. The summed E-state index contributed by atoms with van der Waals surface area (Å²) in [4.78, 5) is 0. The van der Waals surface area contributed by atoms with E-state index in [1.165, 1.54) is 16.9 Å². The number of nitrogens with zero attached hydrogens (tertiary/aromatic N) is 2. The molecule has 0 atom stereocenters. The number of aromatic nitrogens is 2. The molecule has 0 saturated carbocycles. The minimum atomic E-state index is 0.982. The molecule has 2 aromatic rings. The van der Waals surface area contributed by atoms with Gasteiger partial charge in [0.25, 0.3) is 0 Å². The van der Waals surface area contributed by atoms with Crippen molar-refractivity contribution in [3.05, 3.63) is 45.7 Å². The summed E-state index contributed by atoms with van der Waals surface area (Å²) < 4.78 is 3.18. The van der Waals surface area contributed by atoms with Crippen LogP contribution in [0.3, 0.4) is 0 Å². The molecule has 0 bridgehead atoms. The Morgan fingerprint density at radius 1 is 1.18 bits per heavy atom. The lowest BCUT2D eigenvalue weighted by Gasteiger charge is -2.09. The molecule has 0 aliphatic heterocycles. The van der Waals surface area contributed by atoms with Gasteiger partial charge < -0.3 is 0 Å². The van der Waals surface area contributed by atoms with Crippen molar-refractivity contribution in [1.29, 1.82) is 0 Å². The lowest BCUT2D eigenvalue weighted by Crippen LogP contribution is -2.03. The summed E-state index contributed by atoms with van der Waals surface area (Å²) in [6, 6.07) is 8.50. The van der Waals surface area contributed by atoms with Crippen molar-refractivity contribution < 1.29 is 0 Å². The first-order valence-corrected chi connectivity index (χ1v) is 6.79. The standard InChI is InChI=1S/C14H17BrN2/c1-4-12-9-13(5-2)17(16-12)14-7-6-11(15)8-10(14)3/h6-9H,4-5H2,1-3H3. The van der Waals surface area contributed by atoms with Gasteiger partial charge in [0.1, 0.15) is 0 Å². The van der Waals surface area contributed by atoms with Gasteiger partial charge in [0, 0.05) is 10.2 Å². The minimum absolute atomic E-state index is 0.982. The predicted molar refractivity (Wildman–Crippen MR) is 74.8 cm³/mol. The Labute approximate surface area is 111 Å². The first kappa shape index (κ1) is 12.4. The molecule has 2 rings (SSSR count). The zero-order valence-corrected chi connectivity index (χ0v) is 12.1. The second-order valence-corrected chi connectivity index (χ2v) is 5.09. The van der Waals surface area contributed by atoms with E-state index in [9.17, 15) is 0 Å². The van der Waals surface area contributed by atoms with Crippen LogP contribution in [0.15, 0.2) is 28.7 Å². The molecule has 0 N–H and O–H groups in total. The zero-order valence-electron chi connectivity index (χ0n) is 10.5. The maximum absolute atomic E-state index is 4.66. The molecule has 1 aromatic carbocycles. The Kier molecular flexibility index (Phi) is 3.67. The van der Waals surface area contributed by atoms with E-state index in [1.807, 2.05) is 0 Å². The van der Waals surface area contributed by atoms with Crippen molar-refractivity contribution in [3.8, 4) is 5.69 Å². The van der Waals surface area contributed by atoms with E-state index in [0.717, 1.165) is 23.0 Å². The molecule has 3 heteroatoms. The van der Waals surface area contributed by atoms with Crippen LogP contribution < -0.4 is 0 Å². The topological polar surface area (TPSA) is 17.8 Å². The molecule has 0 saturated heterocycles. The van der Waals surface area contributed by atoms with Crippen LogP contribution in [0.1, 0.15) is 30.8 Å². The Hall–Kier alpha value is -1.09. The monoisotopic (exact) mass is 292 g/mol. The molecule has 1 heterocycles. The Bertz CT molecular complexity index is 529. The van der Waals surface area contributed by atoms with E-state index in [-0.39, 0.29) is 0 Å². The van der Waals surface area contributed by atoms with Gasteiger partial charge in [-0.3, -0.25) is 0 Å². The first-order chi connectivity index (χ1) is 8.15. The third-order valence-electron chi connectivity index (χ3n) is 2.95. The summed E-state index contributed by atoms with van der Waals surface area (Å²) in [7, 11) is 0. The van der Waals surface area contributed by atoms with Crippen molar-refractivity contribution in [2.75, 3.05) is 0 Å². The Balaban J connectivity index is 2.55. The largest absolute Gasteiger partial charge is 0.237 e. The molecular formula is C14H17BrN2. The molecule has 1 aromatic heterocycles. The van der Waals surface area contributed by atoms with Crippen molar-refractivity contribution in [2.24, 2.45) is 0 Å². The SMILES string of the molecule is CCc1cc(CC)n(-c2ccc(Br)cc2C)n1. The molecule has 0 amide bonds. The first-order valence-electron chi connectivity index (χ1n) is 6.00. The minimum Gasteiger partial charge on any atom is -0.237 e. The van der Waals surface area contributed by atoms with Crippen molar-refractivity contribution in [3.63, 3.8) is 0 Å². The van der Waals surface area contributed by atoms with Crippen LogP contribution in [-0.4, -0.2) is 9.78 Å². The van der Waals surface area contributed by atoms with Gasteiger partial charge in [-0.25, -0.2) is 4.68 Å². The maximum atomic E-state index is 4.66. The van der Waals surface area contributed by atoms with Gasteiger partial charge in [-0.15, -0.1) is 0 Å². The van der Waals surface area contributed by atoms with Crippen molar-refractivity contribution in [1.82, 2.24) is 9.78 Å². The summed E-state index contributed by atoms with van der Waals surface area (Å²) >= 11 is 3.49. The van der Waals surface area contributed by atoms with Crippen LogP contribution in [0.2, 0.25) is 0 Å². The molecule has 2 nitrogen and oxygen atoms in total. The lowest BCUT2D eigenvalue weighted by atomic mass is 10.2. The van der Waals surface area contributed by atoms with E-state index in [0.29, 0.717) is 0 Å². The fourth-order valence-electron chi connectivity index (χ4n) is 1.96. The third-order valence-corrected chi connectivity index (χ3v) is 3.44. The van der Waals surface area contributed by atoms with Crippen molar-refractivity contribution in [2.45, 2.75) is 33.6 Å². The van der Waals surface area contributed by atoms with Gasteiger partial charge in [-0.2, -0.15) is 5.10 Å². The van der Waals surface area contributed by atoms with Crippen LogP contribution in [0.5, 0.6) is 0 Å². The third kappa shape index (κ3) is 2.44. The Morgan fingerprint density at radius 3 is 2.53 bits per heavy atom. The molecule has 0 unspecified atom stereocenters. The highest BCUT2D eigenvalue weighted by Gasteiger charge is 2.09. The smallest absolute Gasteiger partial charge is 0.0678 e. The summed E-state index contributed by atoms with van der Waals surface area (Å²) in [5, 5.41) is 4.66. The predicted octanol–water partition coefficient (Wildman–Crippen LogP) is 4.07. The van der Waals surface area contributed by atoms with E-state index in [1.54, 1.807) is 0 Å². The van der Waals surface area contributed by atoms with Crippen LogP contribution >= 0.6 is 15.9 Å². The molecule has 0 spiro atoms. The number of benzene rings is 1. The lowest BCUT2D eigenvalue weighted by molar-refractivity contribution is 0.789. The van der Waals surface area contributed by atoms with E-state index < -0.39 is 0 Å². The zero-order chi connectivity index (χ0) is 12.4. The van der Waals surface area contributed by atoms with Gasteiger partial charge in [0.15, 0.2) is 0 Å². The average molecular weight is 293 g/mol. The van der Waals surface area contributed by atoms with Gasteiger partial charge in [0.2, 0.25) is 0 Å². The molecule has 0 radical (unpaired) electrons. The number of hydrogen-bond acceptors (Lipinski definition) is 1. The highest BCUT2D eigenvalue weighted by molar-refractivity contribution is 9.10. The van der Waals surface area contributed by atoms with Gasteiger partial charge >= 0.3 is 0 Å². The van der Waals surface area contributed by atoms with Crippen LogP contribution in [0, 0.1) is 6.92 Å². The average Bonchev–Trinajstić information content (AvgIpc) is 2.72. The Morgan fingerprint density at radius 2 is 1.94 bits per heavy atom. The summed E-state index contributed by atoms with van der Waals surface area (Å²) in [6.07, 6.45) is 1.98. The van der Waals surface area contributed by atoms with E-state index in [4.69, 9.17) is 0 Å². The number of rotatable bonds is 3. The molecule has 0 fully saturated rings. The van der Waals surface area contributed by atoms with Gasteiger partial charge in [0.05, 0.1) is 11.4 Å². The molecule has 90 valence electrons. The quantitative estimate of drug-likeness (QED) is 0.834. The van der Waals surface area contributed by atoms with Crippen molar-refractivity contribution >= 4 is 15.9 Å². The normalized spacial score (nSPS) is 10.8. The van der Waals surface area contributed by atoms with Crippen LogP contribution in [0.25, 0.3) is 5.69 Å². The van der Waals surface area contributed by atoms with Gasteiger partial charge in [-0.05, 0) is 49.6 Å². The molecule has 0 aliphatic carbocycles. The second-order valence-electron chi connectivity index (χ2n) is 4.18. The second kappa shape index (κ2) is 5.05. The fraction of sp³-hybridized carbons (Fsp3) is 0.357. The molecule has 17 heavy (non-hydrogen) atoms. The molecule has 0 aliphatic rings. The number of aryl methyl sites for hydroxylation is 3. The van der Waals surface area contributed by atoms with Crippen LogP contribution in [0.4, 0.5) is 0 Å². The van der Waals surface area contributed by atoms with E-state index >= 15 is 0 Å². The van der Waals surface area contributed by atoms with E-state index in [2.05, 4.69) is 70.7 Å². The number of halogens is 1. The summed E-state index contributed by atoms with van der Waals surface area (Å²) in [5.41, 5.74) is 4.83. The summed E-state index contributed by atoms with van der Waals surface area (Å²) in [5.74, 6) is 0.